The first-order chi connectivity index (χ1) is 14.8. The summed E-state index contributed by atoms with van der Waals surface area (Å²) in [7, 11) is 0. The SMILES string of the molecule is C=CCNc1nc2c(s1)CC1C(C)(CO)C(O)CCC1(C)C2CC(=O)Nc1nccs1. The second kappa shape index (κ2) is 8.61. The van der Waals surface area contributed by atoms with Crippen LogP contribution in [-0.4, -0.2) is 45.3 Å². The number of anilines is 2. The molecule has 0 radical (unpaired) electrons. The van der Waals surface area contributed by atoms with E-state index in [2.05, 4.69) is 29.1 Å². The molecule has 1 fully saturated rings. The first-order valence-electron chi connectivity index (χ1n) is 10.6. The molecule has 7 nitrogen and oxygen atoms in total. The van der Waals surface area contributed by atoms with Gasteiger partial charge in [-0.1, -0.05) is 19.9 Å². The molecular formula is C22H30N4O3S2. The number of aliphatic hydroxyl groups is 2. The van der Waals surface area contributed by atoms with Crippen molar-refractivity contribution in [2.75, 3.05) is 23.8 Å². The van der Waals surface area contributed by atoms with Crippen LogP contribution in [0.2, 0.25) is 0 Å². The summed E-state index contributed by atoms with van der Waals surface area (Å²) in [6.07, 6.45) is 5.34. The van der Waals surface area contributed by atoms with Gasteiger partial charge in [0.2, 0.25) is 5.91 Å². The van der Waals surface area contributed by atoms with Crippen molar-refractivity contribution >= 4 is 38.8 Å². The van der Waals surface area contributed by atoms with E-state index >= 15 is 0 Å². The fourth-order valence-corrected chi connectivity index (χ4v) is 7.14. The standard InChI is InChI=1S/C22H30N4O3S2/c1-4-7-23-20-26-18-13(10-17(29)25-19-24-8-9-30-19)21(2)6-5-16(28)22(3,12-27)15(21)11-14(18)31-20/h4,8-9,13,15-16,27-28H,1,5-7,10-12H2,2-3H3,(H,23,26)(H,24,25,29). The number of hydrogen-bond acceptors (Lipinski definition) is 8. The number of amides is 1. The predicted octanol–water partition coefficient (Wildman–Crippen LogP) is 3.64. The Morgan fingerprint density at radius 3 is 2.90 bits per heavy atom. The highest BCUT2D eigenvalue weighted by atomic mass is 32.1. The Kier molecular flexibility index (Phi) is 6.22. The zero-order valence-electron chi connectivity index (χ0n) is 17.9. The number of aliphatic hydroxyl groups excluding tert-OH is 2. The van der Waals surface area contributed by atoms with Gasteiger partial charge in [0.05, 0.1) is 18.4 Å². The van der Waals surface area contributed by atoms with Crippen molar-refractivity contribution in [3.63, 3.8) is 0 Å². The van der Waals surface area contributed by atoms with E-state index in [9.17, 15) is 15.0 Å². The third kappa shape index (κ3) is 3.92. The highest BCUT2D eigenvalue weighted by Crippen LogP contribution is 2.62. The Hall–Kier alpha value is -1.81. The van der Waals surface area contributed by atoms with Crippen molar-refractivity contribution < 1.29 is 15.0 Å². The van der Waals surface area contributed by atoms with Gasteiger partial charge in [-0.3, -0.25) is 4.79 Å². The van der Waals surface area contributed by atoms with Crippen molar-refractivity contribution in [2.45, 2.75) is 51.6 Å². The summed E-state index contributed by atoms with van der Waals surface area (Å²) in [5.74, 6) is -0.139. The zero-order valence-corrected chi connectivity index (χ0v) is 19.6. The van der Waals surface area contributed by atoms with Gasteiger partial charge in [0.15, 0.2) is 10.3 Å². The fraction of sp³-hybridized carbons (Fsp3) is 0.591. The summed E-state index contributed by atoms with van der Waals surface area (Å²) in [5.41, 5.74) is 0.0995. The molecule has 1 amide bonds. The van der Waals surface area contributed by atoms with Gasteiger partial charge in [0.25, 0.3) is 0 Å². The molecule has 0 bridgehead atoms. The normalized spacial score (nSPS) is 32.1. The molecule has 2 aliphatic rings. The average molecular weight is 463 g/mol. The van der Waals surface area contributed by atoms with Gasteiger partial charge in [0.1, 0.15) is 0 Å². The minimum absolute atomic E-state index is 0.0478. The number of nitrogens with zero attached hydrogens (tertiary/aromatic N) is 2. The van der Waals surface area contributed by atoms with E-state index in [0.29, 0.717) is 24.5 Å². The molecule has 1 saturated carbocycles. The van der Waals surface area contributed by atoms with Crippen LogP contribution in [0.4, 0.5) is 10.3 Å². The van der Waals surface area contributed by atoms with Gasteiger partial charge in [-0.25, -0.2) is 9.97 Å². The zero-order chi connectivity index (χ0) is 22.2. The summed E-state index contributed by atoms with van der Waals surface area (Å²) >= 11 is 3.00. The molecule has 168 valence electrons. The Labute approximate surface area is 190 Å². The van der Waals surface area contributed by atoms with Crippen LogP contribution in [0.25, 0.3) is 0 Å². The van der Waals surface area contributed by atoms with E-state index in [4.69, 9.17) is 4.98 Å². The Morgan fingerprint density at radius 1 is 1.42 bits per heavy atom. The third-order valence-corrected chi connectivity index (χ3v) is 9.10. The second-order valence-corrected chi connectivity index (χ2v) is 11.1. The molecule has 4 rings (SSSR count). The number of carbonyl (C=O) groups excluding carboxylic acids is 1. The molecule has 0 aromatic carbocycles. The first-order valence-corrected chi connectivity index (χ1v) is 12.3. The summed E-state index contributed by atoms with van der Waals surface area (Å²) in [6.45, 7) is 8.48. The van der Waals surface area contributed by atoms with E-state index in [0.717, 1.165) is 28.5 Å². The van der Waals surface area contributed by atoms with E-state index in [-0.39, 0.29) is 29.8 Å². The molecule has 9 heteroatoms. The molecule has 2 heterocycles. The highest BCUT2D eigenvalue weighted by molar-refractivity contribution is 7.15. The molecule has 0 saturated heterocycles. The van der Waals surface area contributed by atoms with Crippen LogP contribution in [-0.2, 0) is 11.2 Å². The quantitative estimate of drug-likeness (QED) is 0.468. The monoisotopic (exact) mass is 462 g/mol. The predicted molar refractivity (Wildman–Crippen MR) is 125 cm³/mol. The molecule has 0 spiro atoms. The van der Waals surface area contributed by atoms with Crippen molar-refractivity contribution in [3.8, 4) is 0 Å². The maximum Gasteiger partial charge on any atom is 0.226 e. The fourth-order valence-electron chi connectivity index (χ4n) is 5.52. The summed E-state index contributed by atoms with van der Waals surface area (Å²) in [4.78, 5) is 23.2. The van der Waals surface area contributed by atoms with E-state index in [1.165, 1.54) is 11.3 Å². The number of thiazole rings is 2. The van der Waals surface area contributed by atoms with E-state index in [1.807, 2.05) is 12.3 Å². The van der Waals surface area contributed by atoms with Crippen LogP contribution in [0, 0.1) is 16.7 Å². The molecule has 31 heavy (non-hydrogen) atoms. The number of rotatable bonds is 7. The largest absolute Gasteiger partial charge is 0.396 e. The van der Waals surface area contributed by atoms with Crippen molar-refractivity contribution in [3.05, 3.63) is 34.8 Å². The number of hydrogen-bond donors (Lipinski definition) is 4. The van der Waals surface area contributed by atoms with Crippen LogP contribution in [0.1, 0.15) is 49.6 Å². The molecule has 5 unspecified atom stereocenters. The van der Waals surface area contributed by atoms with Gasteiger partial charge < -0.3 is 20.8 Å². The molecule has 4 N–H and O–H groups in total. The average Bonchev–Trinajstić information content (AvgIpc) is 3.40. The smallest absolute Gasteiger partial charge is 0.226 e. The Morgan fingerprint density at radius 2 is 2.23 bits per heavy atom. The number of fused-ring (bicyclic) bond motifs is 2. The van der Waals surface area contributed by atoms with Crippen LogP contribution >= 0.6 is 22.7 Å². The van der Waals surface area contributed by atoms with E-state index < -0.39 is 11.5 Å². The molecule has 2 aromatic rings. The lowest BCUT2D eigenvalue weighted by atomic mass is 9.47. The molecular weight excluding hydrogens is 432 g/mol. The molecule has 2 aromatic heterocycles. The third-order valence-electron chi connectivity index (χ3n) is 7.36. The molecule has 2 aliphatic carbocycles. The van der Waals surface area contributed by atoms with Crippen LogP contribution < -0.4 is 10.6 Å². The van der Waals surface area contributed by atoms with Gasteiger partial charge in [0, 0.05) is 40.8 Å². The Balaban J connectivity index is 1.71. The Bertz CT molecular complexity index is 947. The van der Waals surface area contributed by atoms with Gasteiger partial charge >= 0.3 is 0 Å². The van der Waals surface area contributed by atoms with Gasteiger partial charge in [-0.15, -0.1) is 29.3 Å². The van der Waals surface area contributed by atoms with Crippen molar-refractivity contribution in [1.29, 1.82) is 0 Å². The topological polar surface area (TPSA) is 107 Å². The summed E-state index contributed by atoms with van der Waals surface area (Å²) < 4.78 is 0. The van der Waals surface area contributed by atoms with Gasteiger partial charge in [-0.2, -0.15) is 0 Å². The number of nitrogens with one attached hydrogen (secondary N) is 2. The maximum atomic E-state index is 13.0. The van der Waals surface area contributed by atoms with E-state index in [1.54, 1.807) is 23.6 Å². The van der Waals surface area contributed by atoms with Crippen LogP contribution in [0.5, 0.6) is 0 Å². The number of carbonyl (C=O) groups is 1. The second-order valence-electron chi connectivity index (χ2n) is 9.12. The minimum atomic E-state index is -0.618. The van der Waals surface area contributed by atoms with Gasteiger partial charge in [-0.05, 0) is 30.6 Å². The van der Waals surface area contributed by atoms with Crippen molar-refractivity contribution in [2.24, 2.45) is 16.7 Å². The lowest BCUT2D eigenvalue weighted by Gasteiger charge is -2.58. The van der Waals surface area contributed by atoms with Crippen LogP contribution in [0.3, 0.4) is 0 Å². The number of aromatic nitrogens is 2. The lowest BCUT2D eigenvalue weighted by Crippen LogP contribution is -2.57. The highest BCUT2D eigenvalue weighted by Gasteiger charge is 2.59. The molecule has 0 aliphatic heterocycles. The summed E-state index contributed by atoms with van der Waals surface area (Å²) in [6, 6.07) is 0. The summed E-state index contributed by atoms with van der Waals surface area (Å²) in [5, 5.41) is 30.6. The first kappa shape index (κ1) is 22.4. The lowest BCUT2D eigenvalue weighted by molar-refractivity contribution is -0.143. The molecule has 5 atom stereocenters. The van der Waals surface area contributed by atoms with Crippen molar-refractivity contribution in [1.82, 2.24) is 9.97 Å². The van der Waals surface area contributed by atoms with Crippen LogP contribution in [0.15, 0.2) is 24.2 Å². The minimum Gasteiger partial charge on any atom is -0.396 e. The maximum absolute atomic E-state index is 13.0.